The minimum absolute atomic E-state index is 0.0486. The molecule has 3 heterocycles. The summed E-state index contributed by atoms with van der Waals surface area (Å²) in [6.07, 6.45) is -3.27. The van der Waals surface area contributed by atoms with Crippen LogP contribution in [0, 0.1) is 6.92 Å². The number of alkyl halides is 3. The topological polar surface area (TPSA) is 60.7 Å². The number of fused-ring (bicyclic) bond motifs is 1. The molecule has 0 saturated carbocycles. The molecule has 4 aromatic rings. The predicted octanol–water partition coefficient (Wildman–Crippen LogP) is 4.48. The number of nitrogens with zero attached hydrogens (tertiary/aromatic N) is 4. The molecular weight excluding hydrogens is 401 g/mol. The fourth-order valence-corrected chi connectivity index (χ4v) is 3.76. The number of hydrogen-bond donors (Lipinski definition) is 0. The van der Waals surface area contributed by atoms with E-state index < -0.39 is 22.8 Å². The SMILES string of the molecule is Cc1ccccc1CCn1c(-c2cscn2)nc2ccnc(C(F)(F)F)c2c1=O. The number of pyridine rings is 1. The molecule has 0 unspecified atom stereocenters. The summed E-state index contributed by atoms with van der Waals surface area (Å²) in [5.74, 6) is 0.247. The van der Waals surface area contributed by atoms with Gasteiger partial charge in [0, 0.05) is 18.1 Å². The fourth-order valence-electron chi connectivity index (χ4n) is 3.22. The van der Waals surface area contributed by atoms with Crippen LogP contribution in [0.5, 0.6) is 0 Å². The van der Waals surface area contributed by atoms with Crippen molar-refractivity contribution in [1.29, 1.82) is 0 Å². The largest absolute Gasteiger partial charge is 0.434 e. The second-order valence-electron chi connectivity index (χ2n) is 6.49. The van der Waals surface area contributed by atoms with Gasteiger partial charge in [0.25, 0.3) is 5.56 Å². The van der Waals surface area contributed by atoms with Gasteiger partial charge in [-0.3, -0.25) is 14.3 Å². The number of rotatable bonds is 4. The summed E-state index contributed by atoms with van der Waals surface area (Å²) in [4.78, 5) is 25.1. The van der Waals surface area contributed by atoms with Crippen molar-refractivity contribution in [2.75, 3.05) is 0 Å². The van der Waals surface area contributed by atoms with Gasteiger partial charge < -0.3 is 0 Å². The number of halogens is 3. The molecule has 0 aliphatic heterocycles. The molecule has 0 aliphatic carbocycles. The van der Waals surface area contributed by atoms with Crippen molar-refractivity contribution in [2.45, 2.75) is 26.1 Å². The van der Waals surface area contributed by atoms with Crippen molar-refractivity contribution >= 4 is 22.2 Å². The zero-order chi connectivity index (χ0) is 20.6. The van der Waals surface area contributed by atoms with Gasteiger partial charge in [-0.05, 0) is 30.5 Å². The van der Waals surface area contributed by atoms with E-state index in [1.807, 2.05) is 31.2 Å². The first-order valence-corrected chi connectivity index (χ1v) is 9.70. The molecule has 0 bridgehead atoms. The van der Waals surface area contributed by atoms with E-state index in [1.165, 1.54) is 22.0 Å². The standard InChI is InChI=1S/C20H15F3N4OS/c1-12-4-2-3-5-13(12)7-9-27-18(15-10-29-11-25-15)26-14-6-8-24-17(20(21,22)23)16(14)19(27)28/h2-6,8,10-11H,7,9H2,1H3. The van der Waals surface area contributed by atoms with Crippen LogP contribution in [0.1, 0.15) is 16.8 Å². The Kier molecular flexibility index (Phi) is 4.91. The van der Waals surface area contributed by atoms with Crippen molar-refractivity contribution in [2.24, 2.45) is 0 Å². The molecule has 4 rings (SSSR count). The van der Waals surface area contributed by atoms with E-state index in [4.69, 9.17) is 0 Å². The summed E-state index contributed by atoms with van der Waals surface area (Å²) in [6, 6.07) is 8.98. The van der Waals surface area contributed by atoms with Gasteiger partial charge >= 0.3 is 6.18 Å². The third-order valence-corrected chi connectivity index (χ3v) is 5.25. The molecule has 3 aromatic heterocycles. The van der Waals surface area contributed by atoms with Gasteiger partial charge in [-0.1, -0.05) is 24.3 Å². The maximum Gasteiger partial charge on any atom is 0.434 e. The van der Waals surface area contributed by atoms with Crippen LogP contribution in [0.2, 0.25) is 0 Å². The van der Waals surface area contributed by atoms with E-state index in [0.717, 1.165) is 17.3 Å². The highest BCUT2D eigenvalue weighted by atomic mass is 32.1. The lowest BCUT2D eigenvalue weighted by molar-refractivity contribution is -0.139. The summed E-state index contributed by atoms with van der Waals surface area (Å²) in [5, 5.41) is 1.19. The van der Waals surface area contributed by atoms with Crippen LogP contribution in [0.25, 0.3) is 22.4 Å². The Balaban J connectivity index is 1.92. The molecule has 0 radical (unpaired) electrons. The first-order valence-electron chi connectivity index (χ1n) is 8.76. The number of aromatic nitrogens is 4. The number of aryl methyl sites for hydroxylation is 2. The summed E-state index contributed by atoms with van der Waals surface area (Å²) < 4.78 is 41.6. The normalized spacial score (nSPS) is 11.9. The zero-order valence-electron chi connectivity index (χ0n) is 15.3. The molecule has 0 N–H and O–H groups in total. The van der Waals surface area contributed by atoms with Crippen LogP contribution < -0.4 is 5.56 Å². The highest BCUT2D eigenvalue weighted by Crippen LogP contribution is 2.31. The molecule has 9 heteroatoms. The van der Waals surface area contributed by atoms with E-state index in [2.05, 4.69) is 15.0 Å². The van der Waals surface area contributed by atoms with Gasteiger partial charge in [0.2, 0.25) is 0 Å². The van der Waals surface area contributed by atoms with Crippen molar-refractivity contribution in [3.8, 4) is 11.5 Å². The lowest BCUT2D eigenvalue weighted by Gasteiger charge is -2.15. The quantitative estimate of drug-likeness (QED) is 0.492. The van der Waals surface area contributed by atoms with Gasteiger partial charge in [-0.15, -0.1) is 11.3 Å². The van der Waals surface area contributed by atoms with Crippen LogP contribution in [0.15, 0.2) is 52.2 Å². The molecule has 5 nitrogen and oxygen atoms in total. The van der Waals surface area contributed by atoms with E-state index in [9.17, 15) is 18.0 Å². The number of thiazole rings is 1. The molecule has 29 heavy (non-hydrogen) atoms. The summed E-state index contributed by atoms with van der Waals surface area (Å²) in [6.45, 7) is 2.12. The first-order chi connectivity index (χ1) is 13.9. The van der Waals surface area contributed by atoms with E-state index >= 15 is 0 Å². The van der Waals surface area contributed by atoms with E-state index in [-0.39, 0.29) is 17.9 Å². The van der Waals surface area contributed by atoms with E-state index in [1.54, 1.807) is 10.9 Å². The minimum atomic E-state index is -4.75. The molecule has 0 amide bonds. The van der Waals surface area contributed by atoms with Gasteiger partial charge in [-0.25, -0.2) is 9.97 Å². The van der Waals surface area contributed by atoms with Gasteiger partial charge in [-0.2, -0.15) is 13.2 Å². The maximum absolute atomic E-state index is 13.5. The minimum Gasteiger partial charge on any atom is -0.290 e. The van der Waals surface area contributed by atoms with Crippen molar-refractivity contribution < 1.29 is 13.2 Å². The second kappa shape index (κ2) is 7.40. The van der Waals surface area contributed by atoms with E-state index in [0.29, 0.717) is 12.1 Å². The highest BCUT2D eigenvalue weighted by molar-refractivity contribution is 7.07. The highest BCUT2D eigenvalue weighted by Gasteiger charge is 2.36. The van der Waals surface area contributed by atoms with Crippen LogP contribution in [0.3, 0.4) is 0 Å². The van der Waals surface area contributed by atoms with Crippen molar-refractivity contribution in [1.82, 2.24) is 19.5 Å². The summed E-state index contributed by atoms with van der Waals surface area (Å²) in [5.41, 5.74) is 2.05. The average molecular weight is 416 g/mol. The number of benzene rings is 1. The van der Waals surface area contributed by atoms with Crippen molar-refractivity contribution in [3.05, 3.63) is 74.6 Å². The fraction of sp³-hybridized carbons (Fsp3) is 0.200. The predicted molar refractivity (Wildman–Crippen MR) is 105 cm³/mol. The molecule has 0 saturated heterocycles. The molecule has 148 valence electrons. The van der Waals surface area contributed by atoms with Gasteiger partial charge in [0.05, 0.1) is 16.4 Å². The monoisotopic (exact) mass is 416 g/mol. The Bertz CT molecular complexity index is 1230. The third-order valence-electron chi connectivity index (χ3n) is 4.67. The molecule has 1 aromatic carbocycles. The van der Waals surface area contributed by atoms with Crippen LogP contribution in [-0.2, 0) is 19.1 Å². The van der Waals surface area contributed by atoms with Crippen LogP contribution in [0.4, 0.5) is 13.2 Å². The zero-order valence-corrected chi connectivity index (χ0v) is 16.1. The van der Waals surface area contributed by atoms with Crippen LogP contribution >= 0.6 is 11.3 Å². The van der Waals surface area contributed by atoms with Crippen LogP contribution in [-0.4, -0.2) is 19.5 Å². The molecule has 0 spiro atoms. The summed E-state index contributed by atoms with van der Waals surface area (Å²) >= 11 is 1.32. The smallest absolute Gasteiger partial charge is 0.290 e. The Hall–Kier alpha value is -3.07. The molecular formula is C20H15F3N4OS. The average Bonchev–Trinajstić information content (AvgIpc) is 3.22. The Morgan fingerprint density at radius 2 is 1.93 bits per heavy atom. The Labute approximate surface area is 167 Å². The molecule has 0 fully saturated rings. The lowest BCUT2D eigenvalue weighted by atomic mass is 10.1. The Morgan fingerprint density at radius 3 is 2.62 bits per heavy atom. The van der Waals surface area contributed by atoms with Crippen molar-refractivity contribution in [3.63, 3.8) is 0 Å². The number of hydrogen-bond acceptors (Lipinski definition) is 5. The van der Waals surface area contributed by atoms with Gasteiger partial charge in [0.15, 0.2) is 11.5 Å². The molecule has 0 aliphatic rings. The lowest BCUT2D eigenvalue weighted by Crippen LogP contribution is -2.27. The van der Waals surface area contributed by atoms with Gasteiger partial charge in [0.1, 0.15) is 5.69 Å². The summed E-state index contributed by atoms with van der Waals surface area (Å²) in [7, 11) is 0. The third kappa shape index (κ3) is 3.65. The molecule has 0 atom stereocenters. The second-order valence-corrected chi connectivity index (χ2v) is 7.21. The first kappa shape index (κ1) is 19.3. The Morgan fingerprint density at radius 1 is 1.14 bits per heavy atom. The maximum atomic E-state index is 13.5.